The molecular weight excluding hydrogens is 307 g/mol. The number of aromatic nitrogens is 2. The van der Waals surface area contributed by atoms with Crippen molar-refractivity contribution >= 4 is 34.2 Å². The van der Waals surface area contributed by atoms with E-state index in [-0.39, 0.29) is 0 Å². The smallest absolute Gasteiger partial charge is 0.120 e. The topological polar surface area (TPSA) is 27.1 Å². The Balaban J connectivity index is 2.26. The molecule has 1 heterocycles. The lowest BCUT2D eigenvalue weighted by Crippen LogP contribution is -2.02. The van der Waals surface area contributed by atoms with Gasteiger partial charge in [-0.1, -0.05) is 17.7 Å². The van der Waals surface area contributed by atoms with E-state index in [1.54, 1.807) is 7.11 Å². The van der Waals surface area contributed by atoms with E-state index < -0.39 is 0 Å². The fourth-order valence-corrected chi connectivity index (χ4v) is 2.72. The average Bonchev–Trinajstić information content (AvgIpc) is 2.85. The summed E-state index contributed by atoms with van der Waals surface area (Å²) in [7, 11) is 1.65. The molecule has 0 bridgehead atoms. The second-order valence-corrected chi connectivity index (χ2v) is 5.45. The lowest BCUT2D eigenvalue weighted by molar-refractivity contribution is 0.414. The van der Waals surface area contributed by atoms with E-state index in [1.165, 1.54) is 0 Å². The third kappa shape index (κ3) is 2.71. The fourth-order valence-electron chi connectivity index (χ4n) is 2.39. The Hall–Kier alpha value is -1.71. The molecule has 0 saturated carbocycles. The van der Waals surface area contributed by atoms with Crippen LogP contribution in [0.5, 0.6) is 5.75 Å². The molecule has 2 aromatic carbocycles. The molecule has 3 aromatic rings. The zero-order chi connectivity index (χ0) is 14.8. The molecule has 3 rings (SSSR count). The van der Waals surface area contributed by atoms with Gasteiger partial charge < -0.3 is 4.74 Å². The first-order chi connectivity index (χ1) is 10.2. The zero-order valence-electron chi connectivity index (χ0n) is 11.5. The van der Waals surface area contributed by atoms with Crippen LogP contribution in [0.4, 0.5) is 0 Å². The average molecular weight is 321 g/mol. The highest BCUT2D eigenvalue weighted by atomic mass is 35.5. The van der Waals surface area contributed by atoms with Crippen LogP contribution in [-0.2, 0) is 6.42 Å². The van der Waals surface area contributed by atoms with E-state index in [4.69, 9.17) is 27.9 Å². The van der Waals surface area contributed by atoms with Gasteiger partial charge in [-0.15, -0.1) is 11.6 Å². The molecule has 1 aromatic heterocycles. The summed E-state index contributed by atoms with van der Waals surface area (Å²) in [5.74, 6) is 2.23. The van der Waals surface area contributed by atoms with Crippen LogP contribution in [0.3, 0.4) is 0 Å². The van der Waals surface area contributed by atoms with Gasteiger partial charge in [0.2, 0.25) is 0 Å². The molecule has 0 amide bonds. The van der Waals surface area contributed by atoms with Crippen molar-refractivity contribution in [1.82, 2.24) is 9.55 Å². The third-order valence-electron chi connectivity index (χ3n) is 3.32. The Labute approximate surface area is 133 Å². The molecule has 108 valence electrons. The van der Waals surface area contributed by atoms with Gasteiger partial charge in [-0.25, -0.2) is 4.98 Å². The molecule has 0 fully saturated rings. The highest BCUT2D eigenvalue weighted by molar-refractivity contribution is 6.31. The van der Waals surface area contributed by atoms with Crippen molar-refractivity contribution in [1.29, 1.82) is 0 Å². The summed E-state index contributed by atoms with van der Waals surface area (Å²) in [4.78, 5) is 4.65. The molecular formula is C16H14Cl2N2O. The van der Waals surface area contributed by atoms with Gasteiger partial charge in [0.05, 0.1) is 23.8 Å². The molecule has 0 saturated heterocycles. The molecule has 0 N–H and O–H groups in total. The normalized spacial score (nSPS) is 11.0. The lowest BCUT2D eigenvalue weighted by atomic mass is 10.2. The van der Waals surface area contributed by atoms with Crippen LogP contribution in [0.15, 0.2) is 42.5 Å². The van der Waals surface area contributed by atoms with Gasteiger partial charge in [0.25, 0.3) is 0 Å². The van der Waals surface area contributed by atoms with Gasteiger partial charge in [-0.3, -0.25) is 4.57 Å². The molecule has 21 heavy (non-hydrogen) atoms. The van der Waals surface area contributed by atoms with Crippen LogP contribution in [0.25, 0.3) is 16.7 Å². The summed E-state index contributed by atoms with van der Waals surface area (Å²) in [6.07, 6.45) is 0.686. The number of alkyl halides is 1. The number of hydrogen-bond acceptors (Lipinski definition) is 2. The quantitative estimate of drug-likeness (QED) is 0.663. The standard InChI is InChI=1S/C16H14Cl2N2O/c1-21-13-4-2-3-12(10-13)20-15-9-11(18)5-6-14(15)19-16(20)7-8-17/h2-6,9-10H,7-8H2,1H3. The number of nitrogens with zero attached hydrogens (tertiary/aromatic N) is 2. The van der Waals surface area contributed by atoms with Gasteiger partial charge in [0.15, 0.2) is 0 Å². The Morgan fingerprint density at radius 3 is 2.81 bits per heavy atom. The number of ether oxygens (including phenoxy) is 1. The molecule has 0 radical (unpaired) electrons. The van der Waals surface area contributed by atoms with Gasteiger partial charge in [0, 0.05) is 23.4 Å². The van der Waals surface area contributed by atoms with Crippen molar-refractivity contribution in [3.8, 4) is 11.4 Å². The summed E-state index contributed by atoms with van der Waals surface area (Å²) < 4.78 is 7.38. The van der Waals surface area contributed by atoms with Crippen molar-refractivity contribution in [2.24, 2.45) is 0 Å². The van der Waals surface area contributed by atoms with Crippen LogP contribution in [0, 0.1) is 0 Å². The van der Waals surface area contributed by atoms with Crippen LogP contribution in [0.2, 0.25) is 5.02 Å². The maximum absolute atomic E-state index is 6.13. The van der Waals surface area contributed by atoms with Crippen molar-refractivity contribution in [2.75, 3.05) is 13.0 Å². The van der Waals surface area contributed by atoms with E-state index in [9.17, 15) is 0 Å². The predicted molar refractivity (Wildman–Crippen MR) is 87.1 cm³/mol. The third-order valence-corrected chi connectivity index (χ3v) is 3.74. The first-order valence-electron chi connectivity index (χ1n) is 6.60. The number of imidazole rings is 1. The zero-order valence-corrected chi connectivity index (χ0v) is 13.0. The van der Waals surface area contributed by atoms with Crippen LogP contribution >= 0.6 is 23.2 Å². The molecule has 0 aliphatic carbocycles. The fraction of sp³-hybridized carbons (Fsp3) is 0.188. The number of halogens is 2. The molecule has 0 unspecified atom stereocenters. The minimum atomic E-state index is 0.515. The number of benzene rings is 2. The summed E-state index contributed by atoms with van der Waals surface area (Å²) in [5, 5.41) is 0.684. The first kappa shape index (κ1) is 14.2. The monoisotopic (exact) mass is 320 g/mol. The molecule has 0 aliphatic rings. The van der Waals surface area contributed by atoms with E-state index >= 15 is 0 Å². The predicted octanol–water partition coefficient (Wildman–Crippen LogP) is 4.47. The van der Waals surface area contributed by atoms with Gasteiger partial charge in [0.1, 0.15) is 11.6 Å². The van der Waals surface area contributed by atoms with Crippen LogP contribution in [-0.4, -0.2) is 22.5 Å². The molecule has 3 nitrogen and oxygen atoms in total. The number of rotatable bonds is 4. The largest absolute Gasteiger partial charge is 0.497 e. The Morgan fingerprint density at radius 2 is 2.05 bits per heavy atom. The van der Waals surface area contributed by atoms with Crippen molar-refractivity contribution < 1.29 is 4.74 Å². The number of methoxy groups -OCH3 is 1. The van der Waals surface area contributed by atoms with Crippen LogP contribution in [0.1, 0.15) is 5.82 Å². The van der Waals surface area contributed by atoms with E-state index in [0.717, 1.165) is 28.3 Å². The molecule has 0 spiro atoms. The summed E-state index contributed by atoms with van der Waals surface area (Å²) in [6.45, 7) is 0. The maximum Gasteiger partial charge on any atom is 0.120 e. The van der Waals surface area contributed by atoms with E-state index in [2.05, 4.69) is 9.55 Å². The highest BCUT2D eigenvalue weighted by Gasteiger charge is 2.13. The van der Waals surface area contributed by atoms with Crippen molar-refractivity contribution in [3.05, 3.63) is 53.3 Å². The van der Waals surface area contributed by atoms with E-state index in [0.29, 0.717) is 17.3 Å². The minimum Gasteiger partial charge on any atom is -0.497 e. The first-order valence-corrected chi connectivity index (χ1v) is 7.51. The second kappa shape index (κ2) is 5.96. The number of hydrogen-bond donors (Lipinski definition) is 0. The summed E-state index contributed by atoms with van der Waals surface area (Å²) in [5.41, 5.74) is 2.86. The summed E-state index contributed by atoms with van der Waals surface area (Å²) in [6, 6.07) is 13.5. The SMILES string of the molecule is COc1cccc(-n2c(CCCl)nc3ccc(Cl)cc32)c1. The highest BCUT2D eigenvalue weighted by Crippen LogP contribution is 2.26. The van der Waals surface area contributed by atoms with E-state index in [1.807, 2.05) is 42.5 Å². The Morgan fingerprint density at radius 1 is 1.19 bits per heavy atom. The van der Waals surface area contributed by atoms with Gasteiger partial charge >= 0.3 is 0 Å². The number of fused-ring (bicyclic) bond motifs is 1. The van der Waals surface area contributed by atoms with Crippen LogP contribution < -0.4 is 4.74 Å². The lowest BCUT2D eigenvalue weighted by Gasteiger charge is -2.10. The maximum atomic E-state index is 6.13. The summed E-state index contributed by atoms with van der Waals surface area (Å²) >= 11 is 12.0. The molecule has 0 aliphatic heterocycles. The number of aryl methyl sites for hydroxylation is 1. The Kier molecular flexibility index (Phi) is 4.04. The minimum absolute atomic E-state index is 0.515. The molecule has 0 atom stereocenters. The second-order valence-electron chi connectivity index (χ2n) is 4.64. The van der Waals surface area contributed by atoms with Gasteiger partial charge in [-0.05, 0) is 30.3 Å². The van der Waals surface area contributed by atoms with Gasteiger partial charge in [-0.2, -0.15) is 0 Å². The van der Waals surface area contributed by atoms with Crippen molar-refractivity contribution in [2.45, 2.75) is 6.42 Å². The Bertz CT molecular complexity index is 783. The van der Waals surface area contributed by atoms with Crippen molar-refractivity contribution in [3.63, 3.8) is 0 Å². The molecule has 5 heteroatoms.